The zero-order chi connectivity index (χ0) is 19.7. The molecule has 0 saturated carbocycles. The van der Waals surface area contributed by atoms with E-state index in [9.17, 15) is 14.4 Å². The van der Waals surface area contributed by atoms with Crippen molar-refractivity contribution in [2.24, 2.45) is 0 Å². The molecule has 27 heavy (non-hydrogen) atoms. The first-order valence-electron chi connectivity index (χ1n) is 8.29. The lowest BCUT2D eigenvalue weighted by molar-refractivity contribution is 0.0466. The average molecular weight is 369 g/mol. The number of Topliss-reactive ketones (excluding diaryl/α,β-unsaturated/α-hetero) is 1. The molecule has 0 fully saturated rings. The summed E-state index contributed by atoms with van der Waals surface area (Å²) in [5, 5.41) is 0.645. The van der Waals surface area contributed by atoms with Crippen LogP contribution in [0.4, 0.5) is 0 Å². The first-order valence-corrected chi connectivity index (χ1v) is 8.29. The minimum atomic E-state index is -0.599. The van der Waals surface area contributed by atoms with Gasteiger partial charge in [-0.1, -0.05) is 0 Å². The fourth-order valence-corrected chi connectivity index (χ4v) is 3.15. The smallest absolute Gasteiger partial charge is 0.355 e. The normalized spacial score (nSPS) is 10.8. The van der Waals surface area contributed by atoms with Crippen molar-refractivity contribution in [2.75, 3.05) is 7.11 Å². The van der Waals surface area contributed by atoms with Gasteiger partial charge in [-0.05, 0) is 38.5 Å². The van der Waals surface area contributed by atoms with E-state index in [-0.39, 0.29) is 18.1 Å². The number of carbonyl (C=O) groups excluding carboxylic acids is 2. The lowest BCUT2D eigenvalue weighted by Gasteiger charge is -2.08. The number of aromatic amines is 1. The van der Waals surface area contributed by atoms with Crippen LogP contribution in [0.2, 0.25) is 0 Å². The van der Waals surface area contributed by atoms with E-state index in [0.29, 0.717) is 39.1 Å². The van der Waals surface area contributed by atoms with E-state index in [1.54, 1.807) is 32.0 Å². The van der Waals surface area contributed by atoms with Gasteiger partial charge in [0, 0.05) is 34.3 Å². The number of esters is 1. The molecule has 0 aliphatic heterocycles. The number of benzene rings is 1. The van der Waals surface area contributed by atoms with Crippen LogP contribution in [0, 0.1) is 13.8 Å². The average Bonchev–Trinajstić information content (AvgIpc) is 2.93. The van der Waals surface area contributed by atoms with Gasteiger partial charge in [0.2, 0.25) is 0 Å². The Morgan fingerprint density at radius 3 is 2.56 bits per heavy atom. The van der Waals surface area contributed by atoms with Gasteiger partial charge in [0.25, 0.3) is 0 Å². The van der Waals surface area contributed by atoms with Crippen molar-refractivity contribution >= 4 is 22.7 Å². The maximum Gasteiger partial charge on any atom is 0.355 e. The molecule has 0 aliphatic rings. The molecule has 0 bridgehead atoms. The molecular weight excluding hydrogens is 350 g/mol. The second-order valence-electron chi connectivity index (χ2n) is 6.21. The molecule has 1 N–H and O–H groups in total. The Morgan fingerprint density at radius 2 is 1.93 bits per heavy atom. The van der Waals surface area contributed by atoms with Crippen molar-refractivity contribution in [1.82, 2.24) is 4.98 Å². The van der Waals surface area contributed by atoms with E-state index in [0.717, 1.165) is 0 Å². The van der Waals surface area contributed by atoms with Crippen molar-refractivity contribution in [3.05, 3.63) is 62.8 Å². The van der Waals surface area contributed by atoms with Gasteiger partial charge in [-0.3, -0.25) is 4.79 Å². The van der Waals surface area contributed by atoms with E-state index in [4.69, 9.17) is 13.9 Å². The van der Waals surface area contributed by atoms with Crippen LogP contribution in [-0.4, -0.2) is 23.8 Å². The van der Waals surface area contributed by atoms with Crippen molar-refractivity contribution < 1.29 is 23.5 Å². The van der Waals surface area contributed by atoms with E-state index in [2.05, 4.69) is 4.98 Å². The molecule has 0 saturated heterocycles. The second kappa shape index (κ2) is 7.11. The van der Waals surface area contributed by atoms with Gasteiger partial charge in [0.15, 0.2) is 5.78 Å². The highest BCUT2D eigenvalue weighted by molar-refractivity contribution is 6.01. The number of carbonyl (C=O) groups is 2. The Morgan fingerprint density at radius 1 is 1.19 bits per heavy atom. The Bertz CT molecular complexity index is 1110. The van der Waals surface area contributed by atoms with Crippen molar-refractivity contribution in [3.8, 4) is 5.75 Å². The summed E-state index contributed by atoms with van der Waals surface area (Å²) in [5.41, 5.74) is 2.19. The van der Waals surface area contributed by atoms with Gasteiger partial charge >= 0.3 is 11.6 Å². The highest BCUT2D eigenvalue weighted by Crippen LogP contribution is 2.24. The summed E-state index contributed by atoms with van der Waals surface area (Å²) < 4.78 is 15.7. The summed E-state index contributed by atoms with van der Waals surface area (Å²) in [6, 6.07) is 6.35. The molecule has 2 heterocycles. The molecule has 1 aromatic carbocycles. The third kappa shape index (κ3) is 3.48. The molecule has 7 heteroatoms. The third-order valence-corrected chi connectivity index (χ3v) is 4.39. The fourth-order valence-electron chi connectivity index (χ4n) is 3.15. The topological polar surface area (TPSA) is 98.6 Å². The van der Waals surface area contributed by atoms with E-state index in [1.165, 1.54) is 20.1 Å². The van der Waals surface area contributed by atoms with Gasteiger partial charge < -0.3 is 18.9 Å². The Balaban J connectivity index is 1.89. The summed E-state index contributed by atoms with van der Waals surface area (Å²) in [5.74, 6) is -0.173. The third-order valence-electron chi connectivity index (χ3n) is 4.39. The van der Waals surface area contributed by atoms with Crippen LogP contribution in [0.3, 0.4) is 0 Å². The van der Waals surface area contributed by atoms with Gasteiger partial charge in [-0.2, -0.15) is 0 Å². The first kappa shape index (κ1) is 18.4. The molecule has 0 spiro atoms. The number of methoxy groups -OCH3 is 1. The number of ketones is 1. The van der Waals surface area contributed by atoms with Gasteiger partial charge in [-0.25, -0.2) is 9.59 Å². The maximum atomic E-state index is 12.5. The number of hydrogen-bond acceptors (Lipinski definition) is 6. The quantitative estimate of drug-likeness (QED) is 0.421. The zero-order valence-corrected chi connectivity index (χ0v) is 15.5. The monoisotopic (exact) mass is 369 g/mol. The van der Waals surface area contributed by atoms with Crippen molar-refractivity contribution in [1.29, 1.82) is 0 Å². The molecule has 0 aliphatic carbocycles. The van der Waals surface area contributed by atoms with Crippen LogP contribution in [0.1, 0.15) is 44.6 Å². The largest absolute Gasteiger partial charge is 0.497 e. The van der Waals surface area contributed by atoms with Crippen LogP contribution < -0.4 is 10.4 Å². The number of aromatic nitrogens is 1. The number of rotatable bonds is 5. The van der Waals surface area contributed by atoms with E-state index in [1.807, 2.05) is 0 Å². The minimum Gasteiger partial charge on any atom is -0.497 e. The van der Waals surface area contributed by atoms with Crippen molar-refractivity contribution in [3.63, 3.8) is 0 Å². The molecule has 140 valence electrons. The number of nitrogens with one attached hydrogen (secondary N) is 1. The summed E-state index contributed by atoms with van der Waals surface area (Å²) in [6.45, 7) is 4.75. The summed E-state index contributed by atoms with van der Waals surface area (Å²) in [4.78, 5) is 38.9. The number of aryl methyl sites for hydroxylation is 1. The predicted molar refractivity (Wildman–Crippen MR) is 98.4 cm³/mol. The molecule has 3 aromatic rings. The summed E-state index contributed by atoms with van der Waals surface area (Å²) in [7, 11) is 1.51. The molecule has 0 radical (unpaired) electrons. The molecule has 0 unspecified atom stereocenters. The number of hydrogen-bond donors (Lipinski definition) is 1. The minimum absolute atomic E-state index is 0.111. The zero-order valence-electron chi connectivity index (χ0n) is 15.5. The van der Waals surface area contributed by atoms with Crippen molar-refractivity contribution in [2.45, 2.75) is 27.4 Å². The standard InChI is InChI=1S/C20H19NO6/c1-10-18(12(3)22)11(2)21-19(10)20(24)26-9-13-7-17(23)27-16-8-14(25-4)5-6-15(13)16/h5-8,21H,9H2,1-4H3. The maximum absolute atomic E-state index is 12.5. The fraction of sp³-hybridized carbons (Fsp3) is 0.250. The Kier molecular flexibility index (Phi) is 4.85. The lowest BCUT2D eigenvalue weighted by atomic mass is 10.1. The van der Waals surface area contributed by atoms with Crippen LogP contribution in [0.15, 0.2) is 33.5 Å². The van der Waals surface area contributed by atoms with Gasteiger partial charge in [0.1, 0.15) is 23.6 Å². The SMILES string of the molecule is COc1ccc2c(COC(=O)c3[nH]c(C)c(C(C)=O)c3C)cc(=O)oc2c1. The summed E-state index contributed by atoms with van der Waals surface area (Å²) in [6.07, 6.45) is 0. The Labute approximate surface area is 154 Å². The highest BCUT2D eigenvalue weighted by atomic mass is 16.5. The molecule has 7 nitrogen and oxygen atoms in total. The van der Waals surface area contributed by atoms with Crippen LogP contribution in [-0.2, 0) is 11.3 Å². The number of ether oxygens (including phenoxy) is 2. The van der Waals surface area contributed by atoms with Crippen LogP contribution >= 0.6 is 0 Å². The molecule has 0 atom stereocenters. The van der Waals surface area contributed by atoms with E-state index >= 15 is 0 Å². The molecule has 0 amide bonds. The second-order valence-corrected chi connectivity index (χ2v) is 6.21. The first-order chi connectivity index (χ1) is 12.8. The number of H-pyrrole nitrogens is 1. The highest BCUT2D eigenvalue weighted by Gasteiger charge is 2.21. The molecule has 2 aromatic heterocycles. The Hall–Kier alpha value is -3.35. The van der Waals surface area contributed by atoms with Gasteiger partial charge in [-0.15, -0.1) is 0 Å². The van der Waals surface area contributed by atoms with E-state index < -0.39 is 11.6 Å². The molecule has 3 rings (SSSR count). The van der Waals surface area contributed by atoms with Crippen LogP contribution in [0.25, 0.3) is 11.0 Å². The predicted octanol–water partition coefficient (Wildman–Crippen LogP) is 3.31. The van der Waals surface area contributed by atoms with Crippen LogP contribution in [0.5, 0.6) is 5.75 Å². The lowest BCUT2D eigenvalue weighted by Crippen LogP contribution is -2.09. The number of fused-ring (bicyclic) bond motifs is 1. The van der Waals surface area contributed by atoms with Gasteiger partial charge in [0.05, 0.1) is 7.11 Å². The molecular formula is C20H19NO6. The summed E-state index contributed by atoms with van der Waals surface area (Å²) >= 11 is 0.